The number of carbonyl (C=O) groups is 1. The maximum absolute atomic E-state index is 10.7. The van der Waals surface area contributed by atoms with Gasteiger partial charge in [-0.1, -0.05) is 11.7 Å². The van der Waals surface area contributed by atoms with Crippen LogP contribution in [-0.4, -0.2) is 17.8 Å². The second-order valence-corrected chi connectivity index (χ2v) is 2.35. The molecular formula is C7H10N2O2. The zero-order chi connectivity index (χ0) is 8.27. The van der Waals surface area contributed by atoms with E-state index in [0.29, 0.717) is 12.3 Å². The molecule has 4 heteroatoms. The van der Waals surface area contributed by atoms with E-state index in [0.717, 1.165) is 0 Å². The smallest absolute Gasteiger partial charge is 0.248 e. The second-order valence-electron chi connectivity index (χ2n) is 2.35. The lowest BCUT2D eigenvalue weighted by atomic mass is 10.3. The van der Waals surface area contributed by atoms with Crippen LogP contribution < -0.4 is 5.32 Å². The number of oxime groups is 1. The van der Waals surface area contributed by atoms with Crippen molar-refractivity contribution in [1.29, 1.82) is 0 Å². The van der Waals surface area contributed by atoms with Crippen molar-refractivity contribution >= 4 is 11.7 Å². The summed E-state index contributed by atoms with van der Waals surface area (Å²) < 4.78 is 0. The van der Waals surface area contributed by atoms with Gasteiger partial charge in [0.15, 0.2) is 5.84 Å². The van der Waals surface area contributed by atoms with Gasteiger partial charge in [0, 0.05) is 6.42 Å². The van der Waals surface area contributed by atoms with Gasteiger partial charge in [0.25, 0.3) is 0 Å². The van der Waals surface area contributed by atoms with E-state index in [1.165, 1.54) is 6.08 Å². The summed E-state index contributed by atoms with van der Waals surface area (Å²) in [6.07, 6.45) is 1.92. The Morgan fingerprint density at radius 2 is 2.73 bits per heavy atom. The highest BCUT2D eigenvalue weighted by atomic mass is 16.6. The number of nitrogens with one attached hydrogen (secondary N) is 1. The number of amides is 1. The standard InChI is InChI=1S/C7H10N2O2/c1-3-7(10)8-6-4-5(2)11-9-6/h3,5H,1,4H2,2H3,(H,8,9,10). The van der Waals surface area contributed by atoms with Gasteiger partial charge in [-0.25, -0.2) is 0 Å². The number of nitrogens with zero attached hydrogens (tertiary/aromatic N) is 1. The number of carbonyl (C=O) groups excluding carboxylic acids is 1. The van der Waals surface area contributed by atoms with E-state index in [4.69, 9.17) is 4.84 Å². The van der Waals surface area contributed by atoms with Gasteiger partial charge >= 0.3 is 0 Å². The number of rotatable bonds is 1. The van der Waals surface area contributed by atoms with Crippen molar-refractivity contribution in [1.82, 2.24) is 5.32 Å². The van der Waals surface area contributed by atoms with Crippen LogP contribution in [-0.2, 0) is 9.63 Å². The van der Waals surface area contributed by atoms with Gasteiger partial charge in [-0.15, -0.1) is 0 Å². The van der Waals surface area contributed by atoms with Crippen molar-refractivity contribution in [3.8, 4) is 0 Å². The zero-order valence-electron chi connectivity index (χ0n) is 6.33. The molecule has 0 spiro atoms. The summed E-state index contributed by atoms with van der Waals surface area (Å²) >= 11 is 0. The van der Waals surface area contributed by atoms with Gasteiger partial charge in [-0.05, 0) is 13.0 Å². The van der Waals surface area contributed by atoms with Crippen LogP contribution >= 0.6 is 0 Å². The third-order valence-electron chi connectivity index (χ3n) is 1.28. The van der Waals surface area contributed by atoms with Crippen LogP contribution in [0.25, 0.3) is 0 Å². The van der Waals surface area contributed by atoms with Crippen LogP contribution in [0.15, 0.2) is 17.8 Å². The maximum Gasteiger partial charge on any atom is 0.248 e. The van der Waals surface area contributed by atoms with Crippen LogP contribution in [0.4, 0.5) is 0 Å². The summed E-state index contributed by atoms with van der Waals surface area (Å²) in [6.45, 7) is 5.20. The fraction of sp³-hybridized carbons (Fsp3) is 0.429. The Bertz CT molecular complexity index is 210. The maximum atomic E-state index is 10.7. The molecule has 1 atom stereocenters. The van der Waals surface area contributed by atoms with Crippen LogP contribution in [0, 0.1) is 0 Å². The van der Waals surface area contributed by atoms with Crippen LogP contribution in [0.5, 0.6) is 0 Å². The van der Waals surface area contributed by atoms with E-state index in [9.17, 15) is 4.79 Å². The molecule has 1 unspecified atom stereocenters. The van der Waals surface area contributed by atoms with E-state index in [1.54, 1.807) is 0 Å². The third-order valence-corrected chi connectivity index (χ3v) is 1.28. The molecule has 0 aromatic heterocycles. The lowest BCUT2D eigenvalue weighted by Crippen LogP contribution is -2.28. The van der Waals surface area contributed by atoms with Gasteiger partial charge in [-0.2, -0.15) is 0 Å². The van der Waals surface area contributed by atoms with Crippen molar-refractivity contribution < 1.29 is 9.63 Å². The van der Waals surface area contributed by atoms with Crippen molar-refractivity contribution in [3.63, 3.8) is 0 Å². The molecule has 1 amide bonds. The minimum atomic E-state index is -0.249. The lowest BCUT2D eigenvalue weighted by molar-refractivity contribution is -0.115. The van der Waals surface area contributed by atoms with Crippen LogP contribution in [0.3, 0.4) is 0 Å². The molecule has 1 rings (SSSR count). The van der Waals surface area contributed by atoms with Crippen molar-refractivity contribution in [2.45, 2.75) is 19.4 Å². The van der Waals surface area contributed by atoms with Crippen LogP contribution in [0.1, 0.15) is 13.3 Å². The Kier molecular flexibility index (Phi) is 2.25. The minimum absolute atomic E-state index is 0.0649. The monoisotopic (exact) mass is 154 g/mol. The molecular weight excluding hydrogens is 144 g/mol. The average molecular weight is 154 g/mol. The summed E-state index contributed by atoms with van der Waals surface area (Å²) in [4.78, 5) is 15.6. The molecule has 1 heterocycles. The molecule has 11 heavy (non-hydrogen) atoms. The highest BCUT2D eigenvalue weighted by Gasteiger charge is 2.16. The molecule has 0 radical (unpaired) electrons. The molecule has 0 aromatic rings. The van der Waals surface area contributed by atoms with Crippen molar-refractivity contribution in [2.75, 3.05) is 0 Å². The first kappa shape index (κ1) is 7.78. The number of amidine groups is 1. The van der Waals surface area contributed by atoms with Gasteiger partial charge in [-0.3, -0.25) is 4.79 Å². The van der Waals surface area contributed by atoms with E-state index < -0.39 is 0 Å². The van der Waals surface area contributed by atoms with Crippen molar-refractivity contribution in [3.05, 3.63) is 12.7 Å². The number of hydrogen-bond acceptors (Lipinski definition) is 3. The largest absolute Gasteiger partial charge is 0.391 e. The minimum Gasteiger partial charge on any atom is -0.391 e. The van der Waals surface area contributed by atoms with Crippen LogP contribution in [0.2, 0.25) is 0 Å². The van der Waals surface area contributed by atoms with E-state index >= 15 is 0 Å². The first-order chi connectivity index (χ1) is 5.22. The average Bonchev–Trinajstić information content (AvgIpc) is 2.35. The predicted molar refractivity (Wildman–Crippen MR) is 40.9 cm³/mol. The lowest BCUT2D eigenvalue weighted by Gasteiger charge is -1.97. The highest BCUT2D eigenvalue weighted by molar-refractivity contribution is 6.03. The van der Waals surface area contributed by atoms with E-state index in [1.807, 2.05) is 6.92 Å². The third kappa shape index (κ3) is 2.07. The Morgan fingerprint density at radius 3 is 3.18 bits per heavy atom. The normalized spacial score (nSPS) is 21.9. The summed E-state index contributed by atoms with van der Waals surface area (Å²) in [5.41, 5.74) is 0. The fourth-order valence-corrected chi connectivity index (χ4v) is 0.768. The first-order valence-electron chi connectivity index (χ1n) is 3.38. The molecule has 1 aliphatic rings. The molecule has 60 valence electrons. The molecule has 1 aliphatic heterocycles. The molecule has 0 aromatic carbocycles. The number of hydrogen-bond donors (Lipinski definition) is 1. The van der Waals surface area contributed by atoms with Gasteiger partial charge in [0.2, 0.25) is 5.91 Å². The Labute approximate surface area is 64.9 Å². The van der Waals surface area contributed by atoms with Crippen molar-refractivity contribution in [2.24, 2.45) is 5.16 Å². The molecule has 0 saturated carbocycles. The topological polar surface area (TPSA) is 50.7 Å². The molecule has 0 bridgehead atoms. The predicted octanol–water partition coefficient (Wildman–Crippen LogP) is 0.411. The molecule has 0 aliphatic carbocycles. The molecule has 4 nitrogen and oxygen atoms in total. The first-order valence-corrected chi connectivity index (χ1v) is 3.38. The zero-order valence-corrected chi connectivity index (χ0v) is 6.33. The van der Waals surface area contributed by atoms with Gasteiger partial charge < -0.3 is 10.2 Å². The van der Waals surface area contributed by atoms with E-state index in [-0.39, 0.29) is 12.0 Å². The van der Waals surface area contributed by atoms with Gasteiger partial charge in [0.05, 0.1) is 0 Å². The van der Waals surface area contributed by atoms with E-state index in [2.05, 4.69) is 17.1 Å². The Morgan fingerprint density at radius 1 is 2.00 bits per heavy atom. The highest BCUT2D eigenvalue weighted by Crippen LogP contribution is 2.06. The van der Waals surface area contributed by atoms with Gasteiger partial charge in [0.1, 0.15) is 6.10 Å². The quantitative estimate of drug-likeness (QED) is 0.556. The summed E-state index contributed by atoms with van der Waals surface area (Å²) in [5, 5.41) is 6.17. The Hall–Kier alpha value is -1.32. The Balaban J connectivity index is 2.39. The summed E-state index contributed by atoms with van der Waals surface area (Å²) in [7, 11) is 0. The summed E-state index contributed by atoms with van der Waals surface area (Å²) in [6, 6.07) is 0. The molecule has 1 N–H and O–H groups in total. The molecule has 0 saturated heterocycles. The fourth-order valence-electron chi connectivity index (χ4n) is 0.768. The SMILES string of the molecule is C=CC(=O)NC1=NOC(C)C1. The summed E-state index contributed by atoms with van der Waals surface area (Å²) in [5.74, 6) is 0.323. The molecule has 0 fully saturated rings. The second kappa shape index (κ2) is 3.18.